The second-order valence-electron chi connectivity index (χ2n) is 9.45. The largest absolute Gasteiger partial charge is 0.454 e. The maximum Gasteiger partial charge on any atom is 0.163 e. The molecule has 2 aromatic carbocycles. The Bertz CT molecular complexity index is 2410. The van der Waals surface area contributed by atoms with E-state index in [2.05, 4.69) is 15.0 Å². The van der Waals surface area contributed by atoms with Crippen LogP contribution in [0.1, 0.15) is 0 Å². The number of hydrogen-bond donors (Lipinski definition) is 0. The van der Waals surface area contributed by atoms with Gasteiger partial charge in [0, 0.05) is 46.1 Å². The third-order valence-electron chi connectivity index (χ3n) is 7.28. The monoisotopic (exact) mass is 504 g/mol. The number of para-hydroxylation sites is 2. The number of furan rings is 3. The second kappa shape index (κ2) is 7.49. The van der Waals surface area contributed by atoms with Gasteiger partial charge in [-0.2, -0.15) is 0 Å². The average Bonchev–Trinajstić information content (AvgIpc) is 3.68. The van der Waals surface area contributed by atoms with Crippen LogP contribution in [0.15, 0.2) is 111 Å². The highest BCUT2D eigenvalue weighted by Gasteiger charge is 2.20. The molecule has 0 atom stereocenters. The van der Waals surface area contributed by atoms with Crippen LogP contribution in [0.25, 0.3) is 88.7 Å². The number of rotatable bonds is 2. The molecule has 39 heavy (non-hydrogen) atoms. The molecule has 0 saturated carbocycles. The van der Waals surface area contributed by atoms with Crippen molar-refractivity contribution in [3.05, 3.63) is 97.5 Å². The number of pyridine rings is 4. The minimum absolute atomic E-state index is 0.647. The first-order valence-electron chi connectivity index (χ1n) is 12.5. The lowest BCUT2D eigenvalue weighted by Gasteiger charge is -2.03. The molecule has 7 heterocycles. The molecule has 9 aromatic rings. The van der Waals surface area contributed by atoms with Crippen LogP contribution in [0, 0.1) is 0 Å². The minimum atomic E-state index is 0.647. The fraction of sp³-hybridized carbons (Fsp3) is 0. The van der Waals surface area contributed by atoms with Gasteiger partial charge >= 0.3 is 0 Å². The van der Waals surface area contributed by atoms with Crippen LogP contribution in [0.3, 0.4) is 0 Å². The predicted octanol–water partition coefficient (Wildman–Crippen LogP) is 8.30. The Balaban J connectivity index is 1.28. The molecule has 7 aromatic heterocycles. The van der Waals surface area contributed by atoms with Crippen molar-refractivity contribution in [2.45, 2.75) is 0 Å². The molecule has 0 radical (unpaired) electrons. The molecule has 0 aliphatic heterocycles. The van der Waals surface area contributed by atoms with Gasteiger partial charge in [0.1, 0.15) is 33.2 Å². The quantitative estimate of drug-likeness (QED) is 0.234. The van der Waals surface area contributed by atoms with E-state index in [4.69, 9.17) is 18.2 Å². The Morgan fingerprint density at radius 1 is 0.410 bits per heavy atom. The summed E-state index contributed by atoms with van der Waals surface area (Å²) in [6.45, 7) is 0. The van der Waals surface area contributed by atoms with Gasteiger partial charge in [-0.05, 0) is 54.6 Å². The molecule has 0 aliphatic rings. The third kappa shape index (κ3) is 2.81. The zero-order valence-corrected chi connectivity index (χ0v) is 20.3. The van der Waals surface area contributed by atoms with Crippen molar-refractivity contribution < 1.29 is 13.3 Å². The summed E-state index contributed by atoms with van der Waals surface area (Å²) in [4.78, 5) is 18.9. The number of hydrogen-bond acceptors (Lipinski definition) is 7. The first-order valence-corrected chi connectivity index (χ1v) is 12.5. The zero-order chi connectivity index (χ0) is 25.5. The van der Waals surface area contributed by atoms with Crippen molar-refractivity contribution in [3.8, 4) is 22.4 Å². The molecule has 9 rings (SSSR count). The van der Waals surface area contributed by atoms with Gasteiger partial charge in [-0.3, -0.25) is 15.0 Å². The molecule has 0 bridgehead atoms. The molecule has 0 unspecified atom stereocenters. The first kappa shape index (κ1) is 20.5. The van der Waals surface area contributed by atoms with Gasteiger partial charge in [-0.25, -0.2) is 4.98 Å². The molecule has 0 fully saturated rings. The Morgan fingerprint density at radius 2 is 0.923 bits per heavy atom. The lowest BCUT2D eigenvalue weighted by Crippen LogP contribution is -1.87. The SMILES string of the molecule is c1ccc2c(c1)oc1c(-c3ccc4oc5c(-c6ccnc7c6oc6ccccc67)ccnc5c4n3)ccnc12. The fourth-order valence-electron chi connectivity index (χ4n) is 5.51. The van der Waals surface area contributed by atoms with Crippen LogP contribution in [0.5, 0.6) is 0 Å². The van der Waals surface area contributed by atoms with E-state index < -0.39 is 0 Å². The highest BCUT2D eigenvalue weighted by molar-refractivity contribution is 6.12. The van der Waals surface area contributed by atoms with Crippen LogP contribution in [-0.2, 0) is 0 Å². The Morgan fingerprint density at radius 3 is 1.59 bits per heavy atom. The second-order valence-corrected chi connectivity index (χ2v) is 9.45. The standard InChI is InChI=1S/C32H16N4O3/c1-3-7-23-20(5-1)26-30(37-23)17(11-14-33-26)18-12-15-35-29-28-25(39-31(18)29)10-9-22(36-28)19-13-16-34-27-21-6-2-4-8-24(21)38-32(19)27/h1-16H. The highest BCUT2D eigenvalue weighted by atomic mass is 16.3. The molecule has 0 amide bonds. The summed E-state index contributed by atoms with van der Waals surface area (Å²) in [5.74, 6) is 0. The van der Waals surface area contributed by atoms with E-state index in [-0.39, 0.29) is 0 Å². The highest BCUT2D eigenvalue weighted by Crippen LogP contribution is 2.40. The van der Waals surface area contributed by atoms with Crippen LogP contribution in [0.4, 0.5) is 0 Å². The van der Waals surface area contributed by atoms with Gasteiger partial charge in [-0.15, -0.1) is 0 Å². The van der Waals surface area contributed by atoms with Crippen molar-refractivity contribution in [2.75, 3.05) is 0 Å². The number of nitrogens with zero attached hydrogens (tertiary/aromatic N) is 4. The van der Waals surface area contributed by atoms with E-state index in [1.807, 2.05) is 78.9 Å². The smallest absolute Gasteiger partial charge is 0.163 e. The molecule has 182 valence electrons. The molecular formula is C32H16N4O3. The topological polar surface area (TPSA) is 91.0 Å². The van der Waals surface area contributed by atoms with Gasteiger partial charge in [0.25, 0.3) is 0 Å². The van der Waals surface area contributed by atoms with Crippen molar-refractivity contribution in [1.29, 1.82) is 0 Å². The van der Waals surface area contributed by atoms with Gasteiger partial charge in [0.15, 0.2) is 22.3 Å². The van der Waals surface area contributed by atoms with E-state index in [9.17, 15) is 0 Å². The third-order valence-corrected chi connectivity index (χ3v) is 7.28. The number of aromatic nitrogens is 4. The summed E-state index contributed by atoms with van der Waals surface area (Å²) < 4.78 is 18.8. The van der Waals surface area contributed by atoms with E-state index in [0.29, 0.717) is 33.4 Å². The Kier molecular flexibility index (Phi) is 3.93. The summed E-state index contributed by atoms with van der Waals surface area (Å²) in [5.41, 5.74) is 10.7. The Hall–Kier alpha value is -5.56. The predicted molar refractivity (Wildman–Crippen MR) is 150 cm³/mol. The van der Waals surface area contributed by atoms with Crippen LogP contribution < -0.4 is 0 Å². The molecule has 0 spiro atoms. The molecule has 0 saturated heterocycles. The molecular weight excluding hydrogens is 488 g/mol. The molecule has 0 aliphatic carbocycles. The summed E-state index contributed by atoms with van der Waals surface area (Å²) in [6, 6.07) is 25.5. The van der Waals surface area contributed by atoms with Crippen molar-refractivity contribution >= 4 is 66.3 Å². The van der Waals surface area contributed by atoms with Crippen molar-refractivity contribution in [2.24, 2.45) is 0 Å². The fourth-order valence-corrected chi connectivity index (χ4v) is 5.51. The summed E-state index contributed by atoms with van der Waals surface area (Å²) >= 11 is 0. The molecule has 7 heteroatoms. The minimum Gasteiger partial charge on any atom is -0.454 e. The number of benzene rings is 2. The van der Waals surface area contributed by atoms with Gasteiger partial charge in [0.05, 0.1) is 5.69 Å². The zero-order valence-electron chi connectivity index (χ0n) is 20.3. The first-order chi connectivity index (χ1) is 19.3. The van der Waals surface area contributed by atoms with Gasteiger partial charge < -0.3 is 13.3 Å². The van der Waals surface area contributed by atoms with Crippen LogP contribution in [0.2, 0.25) is 0 Å². The molecule has 0 N–H and O–H groups in total. The van der Waals surface area contributed by atoms with Crippen LogP contribution in [-0.4, -0.2) is 19.9 Å². The van der Waals surface area contributed by atoms with E-state index in [1.165, 1.54) is 0 Å². The average molecular weight is 505 g/mol. The summed E-state index contributed by atoms with van der Waals surface area (Å²) in [5, 5.41) is 1.95. The van der Waals surface area contributed by atoms with E-state index >= 15 is 0 Å². The molecule has 7 nitrogen and oxygen atoms in total. The summed E-state index contributed by atoms with van der Waals surface area (Å²) in [6.07, 6.45) is 5.37. The van der Waals surface area contributed by atoms with E-state index in [0.717, 1.165) is 55.4 Å². The maximum atomic E-state index is 6.36. The normalized spacial score (nSPS) is 12.1. The van der Waals surface area contributed by atoms with Crippen molar-refractivity contribution in [1.82, 2.24) is 19.9 Å². The number of fused-ring (bicyclic) bond motifs is 9. The van der Waals surface area contributed by atoms with Crippen molar-refractivity contribution in [3.63, 3.8) is 0 Å². The van der Waals surface area contributed by atoms with E-state index in [1.54, 1.807) is 18.6 Å². The summed E-state index contributed by atoms with van der Waals surface area (Å²) in [7, 11) is 0. The van der Waals surface area contributed by atoms with Gasteiger partial charge in [-0.1, -0.05) is 24.3 Å². The maximum absolute atomic E-state index is 6.36. The lowest BCUT2D eigenvalue weighted by molar-refractivity contribution is 0.663. The van der Waals surface area contributed by atoms with Crippen LogP contribution >= 0.6 is 0 Å². The van der Waals surface area contributed by atoms with Gasteiger partial charge in [0.2, 0.25) is 0 Å². The lowest BCUT2D eigenvalue weighted by atomic mass is 10.1. The Labute approximate surface area is 219 Å².